The highest BCUT2D eigenvalue weighted by molar-refractivity contribution is 5.76. The molecule has 0 saturated carbocycles. The molecule has 0 aromatic heterocycles. The number of carbonyl (C=O) groups is 2. The van der Waals surface area contributed by atoms with Crippen molar-refractivity contribution in [3.63, 3.8) is 0 Å². The Bertz CT molecular complexity index is 398. The topological polar surface area (TPSA) is 52.7 Å². The molecule has 1 saturated heterocycles. The van der Waals surface area contributed by atoms with Crippen LogP contribution in [0.1, 0.15) is 38.5 Å². The van der Waals surface area contributed by atoms with Crippen LogP contribution in [0.2, 0.25) is 0 Å². The molecule has 2 rings (SSSR count). The SMILES string of the molecule is CN(C)C(=O)CC1CCN(C(=O)N[C@H]2C=CCCC2)CC1. The summed E-state index contributed by atoms with van der Waals surface area (Å²) in [6.45, 7) is 1.52. The van der Waals surface area contributed by atoms with E-state index in [1.54, 1.807) is 19.0 Å². The van der Waals surface area contributed by atoms with Gasteiger partial charge in [0, 0.05) is 39.6 Å². The molecule has 1 heterocycles. The van der Waals surface area contributed by atoms with E-state index in [0.29, 0.717) is 12.3 Å². The molecule has 1 N–H and O–H groups in total. The fourth-order valence-electron chi connectivity index (χ4n) is 2.95. The van der Waals surface area contributed by atoms with E-state index in [1.807, 2.05) is 4.90 Å². The number of nitrogens with one attached hydrogen (secondary N) is 1. The first-order valence-corrected chi connectivity index (χ1v) is 7.98. The third-order valence-electron chi connectivity index (χ3n) is 4.43. The van der Waals surface area contributed by atoms with E-state index >= 15 is 0 Å². The van der Waals surface area contributed by atoms with Crippen LogP contribution in [-0.2, 0) is 4.79 Å². The van der Waals surface area contributed by atoms with Gasteiger partial charge in [-0.15, -0.1) is 0 Å². The Morgan fingerprint density at radius 3 is 2.52 bits per heavy atom. The number of hydrogen-bond acceptors (Lipinski definition) is 2. The summed E-state index contributed by atoms with van der Waals surface area (Å²) in [5.41, 5.74) is 0. The summed E-state index contributed by atoms with van der Waals surface area (Å²) in [4.78, 5) is 27.5. The largest absolute Gasteiger partial charge is 0.349 e. The van der Waals surface area contributed by atoms with Gasteiger partial charge in [-0.05, 0) is 38.0 Å². The predicted octanol–water partition coefficient (Wildman–Crippen LogP) is 1.99. The van der Waals surface area contributed by atoms with Crippen molar-refractivity contribution in [3.05, 3.63) is 12.2 Å². The van der Waals surface area contributed by atoms with Crippen molar-refractivity contribution in [3.8, 4) is 0 Å². The van der Waals surface area contributed by atoms with Crippen LogP contribution in [0.25, 0.3) is 0 Å². The summed E-state index contributed by atoms with van der Waals surface area (Å²) in [6, 6.07) is 0.239. The minimum absolute atomic E-state index is 0.0453. The summed E-state index contributed by atoms with van der Waals surface area (Å²) in [5.74, 6) is 0.601. The maximum absolute atomic E-state index is 12.2. The Kier molecular flexibility index (Phi) is 5.65. The van der Waals surface area contributed by atoms with Gasteiger partial charge in [0.2, 0.25) is 5.91 Å². The van der Waals surface area contributed by atoms with Gasteiger partial charge in [-0.1, -0.05) is 12.2 Å². The van der Waals surface area contributed by atoms with Crippen molar-refractivity contribution in [1.29, 1.82) is 0 Å². The summed E-state index contributed by atoms with van der Waals surface area (Å²) >= 11 is 0. The number of likely N-dealkylation sites (tertiary alicyclic amines) is 1. The Morgan fingerprint density at radius 2 is 1.95 bits per heavy atom. The van der Waals surface area contributed by atoms with Crippen LogP contribution in [0, 0.1) is 5.92 Å². The molecule has 5 nitrogen and oxygen atoms in total. The monoisotopic (exact) mass is 293 g/mol. The minimum atomic E-state index is 0.0453. The maximum atomic E-state index is 12.2. The van der Waals surface area contributed by atoms with Crippen LogP contribution in [0.15, 0.2) is 12.2 Å². The Balaban J connectivity index is 1.72. The molecule has 0 unspecified atom stereocenters. The molecule has 3 amide bonds. The third-order valence-corrected chi connectivity index (χ3v) is 4.43. The number of hydrogen-bond donors (Lipinski definition) is 1. The molecule has 1 aliphatic heterocycles. The van der Waals surface area contributed by atoms with E-state index < -0.39 is 0 Å². The van der Waals surface area contributed by atoms with Gasteiger partial charge in [-0.25, -0.2) is 4.79 Å². The molecular weight excluding hydrogens is 266 g/mol. The maximum Gasteiger partial charge on any atom is 0.317 e. The highest BCUT2D eigenvalue weighted by Gasteiger charge is 2.25. The second kappa shape index (κ2) is 7.48. The number of nitrogens with zero attached hydrogens (tertiary/aromatic N) is 2. The average Bonchev–Trinajstić information content (AvgIpc) is 2.48. The Labute approximate surface area is 127 Å². The first-order chi connectivity index (χ1) is 10.1. The van der Waals surface area contributed by atoms with Gasteiger partial charge in [0.15, 0.2) is 0 Å². The molecule has 2 aliphatic rings. The fourth-order valence-corrected chi connectivity index (χ4v) is 2.95. The number of carbonyl (C=O) groups excluding carboxylic acids is 2. The van der Waals surface area contributed by atoms with Gasteiger partial charge in [-0.3, -0.25) is 4.79 Å². The number of piperidine rings is 1. The van der Waals surface area contributed by atoms with E-state index in [4.69, 9.17) is 0 Å². The second-order valence-electron chi connectivity index (χ2n) is 6.34. The number of rotatable bonds is 3. The molecule has 0 spiro atoms. The van der Waals surface area contributed by atoms with Crippen molar-refractivity contribution < 1.29 is 9.59 Å². The smallest absolute Gasteiger partial charge is 0.317 e. The molecule has 118 valence electrons. The molecular formula is C16H27N3O2. The van der Waals surface area contributed by atoms with Crippen molar-refractivity contribution in [1.82, 2.24) is 15.1 Å². The van der Waals surface area contributed by atoms with Crippen molar-refractivity contribution >= 4 is 11.9 Å². The van der Waals surface area contributed by atoms with Gasteiger partial charge in [-0.2, -0.15) is 0 Å². The summed E-state index contributed by atoms with van der Waals surface area (Å²) < 4.78 is 0. The molecule has 0 bridgehead atoms. The zero-order valence-electron chi connectivity index (χ0n) is 13.2. The van der Waals surface area contributed by atoms with Gasteiger partial charge < -0.3 is 15.1 Å². The van der Waals surface area contributed by atoms with Gasteiger partial charge in [0.25, 0.3) is 0 Å². The van der Waals surface area contributed by atoms with Gasteiger partial charge >= 0.3 is 6.03 Å². The average molecular weight is 293 g/mol. The predicted molar refractivity (Wildman–Crippen MR) is 82.9 cm³/mol. The Morgan fingerprint density at radius 1 is 1.24 bits per heavy atom. The normalized spacial score (nSPS) is 23.0. The summed E-state index contributed by atoms with van der Waals surface area (Å²) in [7, 11) is 3.59. The van der Waals surface area contributed by atoms with Crippen LogP contribution in [0.5, 0.6) is 0 Å². The zero-order valence-corrected chi connectivity index (χ0v) is 13.2. The van der Waals surface area contributed by atoms with Crippen LogP contribution in [-0.4, -0.2) is 55.0 Å². The molecule has 0 radical (unpaired) electrons. The lowest BCUT2D eigenvalue weighted by Gasteiger charge is -2.33. The van der Waals surface area contributed by atoms with Crippen molar-refractivity contribution in [2.45, 2.75) is 44.6 Å². The standard InChI is InChI=1S/C16H27N3O2/c1-18(2)15(20)12-13-8-10-19(11-9-13)16(21)17-14-6-4-3-5-7-14/h4,6,13-14H,3,5,7-12H2,1-2H3,(H,17,21)/t14-/m0/s1. The van der Waals surface area contributed by atoms with Crippen LogP contribution in [0.4, 0.5) is 4.79 Å². The van der Waals surface area contributed by atoms with E-state index in [9.17, 15) is 9.59 Å². The highest BCUT2D eigenvalue weighted by Crippen LogP contribution is 2.21. The van der Waals surface area contributed by atoms with Crippen LogP contribution < -0.4 is 5.32 Å². The minimum Gasteiger partial charge on any atom is -0.349 e. The molecule has 0 aromatic carbocycles. The molecule has 1 atom stereocenters. The Hall–Kier alpha value is -1.52. The van der Waals surface area contributed by atoms with Crippen molar-refractivity contribution in [2.24, 2.45) is 5.92 Å². The molecule has 21 heavy (non-hydrogen) atoms. The molecule has 1 aliphatic carbocycles. The number of urea groups is 1. The lowest BCUT2D eigenvalue weighted by molar-refractivity contribution is -0.129. The van der Waals surface area contributed by atoms with E-state index in [1.165, 1.54) is 0 Å². The highest BCUT2D eigenvalue weighted by atomic mass is 16.2. The quantitative estimate of drug-likeness (QED) is 0.809. The molecule has 5 heteroatoms. The van der Waals surface area contributed by atoms with E-state index in [2.05, 4.69) is 17.5 Å². The molecule has 1 fully saturated rings. The third kappa shape index (κ3) is 4.76. The zero-order chi connectivity index (χ0) is 15.2. The van der Waals surface area contributed by atoms with Gasteiger partial charge in [0.1, 0.15) is 0 Å². The van der Waals surface area contributed by atoms with Crippen LogP contribution >= 0.6 is 0 Å². The van der Waals surface area contributed by atoms with E-state index in [0.717, 1.165) is 45.2 Å². The number of allylic oxidation sites excluding steroid dienone is 1. The summed E-state index contributed by atoms with van der Waals surface area (Å²) in [6.07, 6.45) is 10.0. The van der Waals surface area contributed by atoms with Crippen LogP contribution in [0.3, 0.4) is 0 Å². The fraction of sp³-hybridized carbons (Fsp3) is 0.750. The first-order valence-electron chi connectivity index (χ1n) is 7.98. The van der Waals surface area contributed by atoms with Gasteiger partial charge in [0.05, 0.1) is 0 Å². The van der Waals surface area contributed by atoms with Crippen molar-refractivity contribution in [2.75, 3.05) is 27.2 Å². The lowest BCUT2D eigenvalue weighted by atomic mass is 9.93. The number of amides is 3. The summed E-state index contributed by atoms with van der Waals surface area (Å²) in [5, 5.41) is 3.09. The lowest BCUT2D eigenvalue weighted by Crippen LogP contribution is -2.48. The first kappa shape index (κ1) is 15.9. The van der Waals surface area contributed by atoms with E-state index in [-0.39, 0.29) is 18.0 Å². The second-order valence-corrected chi connectivity index (χ2v) is 6.34. The molecule has 0 aromatic rings.